The van der Waals surface area contributed by atoms with Gasteiger partial charge in [-0.1, -0.05) is 145 Å². The Balaban J connectivity index is 4.37. The summed E-state index contributed by atoms with van der Waals surface area (Å²) in [6.45, 7) is 2.13. The fraction of sp³-hybridized carbons (Fsp3) is 0.682. The Kier molecular flexibility index (Phi) is 37.8. The molecule has 55 heavy (non-hydrogen) atoms. The zero-order chi connectivity index (χ0) is 40.5. The largest absolute Gasteiger partial charge is 0.472 e. The second-order valence-electron chi connectivity index (χ2n) is 13.6. The lowest BCUT2D eigenvalue weighted by Crippen LogP contribution is -2.29. The third-order valence-electron chi connectivity index (χ3n) is 8.36. The van der Waals surface area contributed by atoms with Crippen LogP contribution in [0.5, 0.6) is 0 Å². The van der Waals surface area contributed by atoms with Crippen molar-refractivity contribution in [2.24, 2.45) is 0 Å². The summed E-state index contributed by atoms with van der Waals surface area (Å²) < 4.78 is 32.6. The molecule has 0 aliphatic carbocycles. The summed E-state index contributed by atoms with van der Waals surface area (Å²) in [5, 5.41) is 18.3. The topological polar surface area (TPSA) is 149 Å². The van der Waals surface area contributed by atoms with Crippen molar-refractivity contribution in [1.29, 1.82) is 0 Å². The van der Waals surface area contributed by atoms with E-state index in [9.17, 15) is 24.2 Å². The van der Waals surface area contributed by atoms with Crippen molar-refractivity contribution in [1.82, 2.24) is 0 Å². The van der Waals surface area contributed by atoms with Gasteiger partial charge < -0.3 is 24.6 Å². The van der Waals surface area contributed by atoms with E-state index in [4.69, 9.17) is 19.1 Å². The van der Waals surface area contributed by atoms with Gasteiger partial charge in [0, 0.05) is 12.8 Å². The minimum atomic E-state index is -4.64. The van der Waals surface area contributed by atoms with E-state index in [2.05, 4.69) is 79.1 Å². The molecule has 3 N–H and O–H groups in total. The molecule has 0 bridgehead atoms. The third kappa shape index (κ3) is 39.4. The van der Waals surface area contributed by atoms with Crippen molar-refractivity contribution in [3.63, 3.8) is 0 Å². The molecule has 0 aromatic heterocycles. The molecule has 0 saturated carbocycles. The number of ether oxygens (including phenoxy) is 2. The predicted molar refractivity (Wildman–Crippen MR) is 223 cm³/mol. The first kappa shape index (κ1) is 52.4. The molecule has 10 nitrogen and oxygen atoms in total. The molecular formula is C44H75O10P. The van der Waals surface area contributed by atoms with Gasteiger partial charge in [0.25, 0.3) is 0 Å². The van der Waals surface area contributed by atoms with E-state index in [-0.39, 0.29) is 19.4 Å². The molecule has 3 atom stereocenters. The highest BCUT2D eigenvalue weighted by Crippen LogP contribution is 2.43. The summed E-state index contributed by atoms with van der Waals surface area (Å²) in [6, 6.07) is 0. The molecular weight excluding hydrogens is 719 g/mol. The van der Waals surface area contributed by atoms with Gasteiger partial charge >= 0.3 is 19.8 Å². The Morgan fingerprint density at radius 2 is 1.04 bits per heavy atom. The van der Waals surface area contributed by atoms with Gasteiger partial charge in [0.15, 0.2) is 6.10 Å². The maximum Gasteiger partial charge on any atom is 0.472 e. The molecule has 0 fully saturated rings. The quantitative estimate of drug-likeness (QED) is 0.0239. The van der Waals surface area contributed by atoms with Crippen LogP contribution in [0.15, 0.2) is 72.9 Å². The second-order valence-corrected chi connectivity index (χ2v) is 15.1. The first-order chi connectivity index (χ1) is 26.7. The van der Waals surface area contributed by atoms with E-state index in [0.29, 0.717) is 12.8 Å². The number of esters is 2. The lowest BCUT2D eigenvalue weighted by molar-refractivity contribution is -0.161. The number of unbranched alkanes of at least 4 members (excludes halogenated alkanes) is 12. The normalized spacial score (nSPS) is 14.6. The number of aliphatic hydroxyl groups excluding tert-OH is 2. The Hall–Kier alpha value is -2.59. The van der Waals surface area contributed by atoms with Crippen LogP contribution in [0.4, 0.5) is 0 Å². The number of allylic oxidation sites excluding steroid dienone is 12. The summed E-state index contributed by atoms with van der Waals surface area (Å²) in [5.74, 6) is -1.03. The van der Waals surface area contributed by atoms with E-state index in [0.717, 1.165) is 57.8 Å². The van der Waals surface area contributed by atoms with Crippen LogP contribution in [0.3, 0.4) is 0 Å². The first-order valence-corrected chi connectivity index (χ1v) is 22.4. The zero-order valence-corrected chi connectivity index (χ0v) is 35.0. The minimum Gasteiger partial charge on any atom is -0.462 e. The zero-order valence-electron chi connectivity index (χ0n) is 34.1. The Bertz CT molecular complexity index is 1140. The van der Waals surface area contributed by atoms with E-state index >= 15 is 0 Å². The van der Waals surface area contributed by atoms with Crippen LogP contribution < -0.4 is 0 Å². The molecule has 0 aromatic rings. The summed E-state index contributed by atoms with van der Waals surface area (Å²) in [4.78, 5) is 34.9. The van der Waals surface area contributed by atoms with Crippen LogP contribution >= 0.6 is 7.82 Å². The number of phosphoric ester groups is 1. The summed E-state index contributed by atoms with van der Waals surface area (Å²) in [7, 11) is -4.64. The molecule has 0 spiro atoms. The molecule has 0 radical (unpaired) electrons. The van der Waals surface area contributed by atoms with Crippen molar-refractivity contribution >= 4 is 19.8 Å². The smallest absolute Gasteiger partial charge is 0.462 e. The van der Waals surface area contributed by atoms with Crippen LogP contribution in [0.2, 0.25) is 0 Å². The maximum atomic E-state index is 12.5. The molecule has 0 amide bonds. The molecule has 0 aliphatic rings. The SMILES string of the molecule is CC/C=C\C/C=C\C/C=C\C/C=C\CCC(=O)OC(COC(=O)CCCCCCCCCCC/C=C\C/C=C\CCCCC)COP(=O)(O)OCC(O)CO. The molecule has 0 rings (SSSR count). The molecule has 0 heterocycles. The van der Waals surface area contributed by atoms with Gasteiger partial charge in [0.05, 0.1) is 19.8 Å². The molecule has 0 aromatic carbocycles. The van der Waals surface area contributed by atoms with E-state index in [1.807, 2.05) is 12.2 Å². The van der Waals surface area contributed by atoms with E-state index in [1.54, 1.807) is 0 Å². The average Bonchev–Trinajstić information content (AvgIpc) is 3.17. The molecule has 3 unspecified atom stereocenters. The molecule has 316 valence electrons. The lowest BCUT2D eigenvalue weighted by Gasteiger charge is -2.20. The Morgan fingerprint density at radius 1 is 0.564 bits per heavy atom. The number of hydrogen-bond acceptors (Lipinski definition) is 9. The minimum absolute atomic E-state index is 0.0589. The summed E-state index contributed by atoms with van der Waals surface area (Å²) in [5.41, 5.74) is 0. The van der Waals surface area contributed by atoms with Crippen LogP contribution in [0, 0.1) is 0 Å². The van der Waals surface area contributed by atoms with Crippen LogP contribution in [-0.2, 0) is 32.7 Å². The number of hydrogen-bond donors (Lipinski definition) is 3. The number of carbonyl (C=O) groups excluding carboxylic acids is 2. The van der Waals surface area contributed by atoms with Crippen molar-refractivity contribution in [2.75, 3.05) is 26.4 Å². The predicted octanol–water partition coefficient (Wildman–Crippen LogP) is 10.9. The molecule has 0 saturated heterocycles. The summed E-state index contributed by atoms with van der Waals surface area (Å²) in [6.07, 6.45) is 44.6. The van der Waals surface area contributed by atoms with E-state index in [1.165, 1.54) is 57.8 Å². The van der Waals surface area contributed by atoms with Crippen LogP contribution in [0.25, 0.3) is 0 Å². The highest BCUT2D eigenvalue weighted by atomic mass is 31.2. The van der Waals surface area contributed by atoms with Gasteiger partial charge in [-0.3, -0.25) is 18.6 Å². The average molecular weight is 795 g/mol. The molecule has 0 aliphatic heterocycles. The highest BCUT2D eigenvalue weighted by Gasteiger charge is 2.27. The summed E-state index contributed by atoms with van der Waals surface area (Å²) >= 11 is 0. The van der Waals surface area contributed by atoms with Gasteiger partial charge in [-0.2, -0.15) is 0 Å². The number of rotatable bonds is 38. The Morgan fingerprint density at radius 3 is 1.58 bits per heavy atom. The lowest BCUT2D eigenvalue weighted by atomic mass is 10.1. The van der Waals surface area contributed by atoms with Crippen LogP contribution in [-0.4, -0.2) is 65.7 Å². The van der Waals surface area contributed by atoms with Gasteiger partial charge in [0.1, 0.15) is 12.7 Å². The third-order valence-corrected chi connectivity index (χ3v) is 9.31. The van der Waals surface area contributed by atoms with Crippen molar-refractivity contribution in [3.05, 3.63) is 72.9 Å². The van der Waals surface area contributed by atoms with Gasteiger partial charge in [0.2, 0.25) is 0 Å². The van der Waals surface area contributed by atoms with Crippen molar-refractivity contribution < 1.29 is 47.8 Å². The fourth-order valence-electron chi connectivity index (χ4n) is 5.15. The van der Waals surface area contributed by atoms with Crippen molar-refractivity contribution in [2.45, 2.75) is 167 Å². The maximum absolute atomic E-state index is 12.5. The standard InChI is InChI=1S/C44H75O10P/c1-3-5-7-9-11-13-15-17-18-19-20-21-22-24-25-27-29-31-33-35-43(47)51-39-42(40-53-55(49,50)52-38-41(46)37-45)54-44(48)36-34-32-30-28-26-23-16-14-12-10-8-6-4-2/h6,8,11-14,17-18,23,26,30,32,41-42,45-46H,3-5,7,9-10,15-16,19-22,24-25,27-29,31,33-40H2,1-2H3,(H,49,50)/b8-6-,13-11-,14-12-,18-17-,26-23-,32-30-. The molecule has 11 heteroatoms. The highest BCUT2D eigenvalue weighted by molar-refractivity contribution is 7.47. The Labute approximate surface area is 333 Å². The monoisotopic (exact) mass is 795 g/mol. The van der Waals surface area contributed by atoms with Crippen LogP contribution in [0.1, 0.15) is 155 Å². The van der Waals surface area contributed by atoms with Crippen molar-refractivity contribution in [3.8, 4) is 0 Å². The van der Waals surface area contributed by atoms with Gasteiger partial charge in [-0.05, 0) is 70.6 Å². The second kappa shape index (κ2) is 39.6. The van der Waals surface area contributed by atoms with Gasteiger partial charge in [-0.25, -0.2) is 4.57 Å². The fourth-order valence-corrected chi connectivity index (χ4v) is 5.94. The number of phosphoric acid groups is 1. The number of carbonyl (C=O) groups is 2. The number of aliphatic hydroxyl groups is 2. The van der Waals surface area contributed by atoms with Gasteiger partial charge in [-0.15, -0.1) is 0 Å². The van der Waals surface area contributed by atoms with E-state index < -0.39 is 51.8 Å². The first-order valence-electron chi connectivity index (χ1n) is 20.9.